The maximum absolute atomic E-state index is 12.8. The van der Waals surface area contributed by atoms with Crippen molar-refractivity contribution in [2.75, 3.05) is 19.6 Å². The van der Waals surface area contributed by atoms with Crippen LogP contribution < -0.4 is 11.0 Å². The number of carboxylic acid groups (broad SMARTS) is 1. The molecule has 0 saturated carbocycles. The fourth-order valence-corrected chi connectivity index (χ4v) is 6.94. The molecule has 11 heteroatoms. The minimum absolute atomic E-state index is 0.0135. The summed E-state index contributed by atoms with van der Waals surface area (Å²) in [6.45, 7) is 2.87. The lowest BCUT2D eigenvalue weighted by molar-refractivity contribution is -0.253. The molecule has 1 amide bonds. The molecule has 2 saturated heterocycles. The number of aliphatic hydroxyl groups is 1. The first kappa shape index (κ1) is 34.6. The van der Waals surface area contributed by atoms with Gasteiger partial charge >= 0.3 is 11.7 Å². The maximum Gasteiger partial charge on any atom is 0.326 e. The predicted octanol–water partition coefficient (Wildman–Crippen LogP) is 5.36. The van der Waals surface area contributed by atoms with Gasteiger partial charge in [-0.25, -0.2) is 4.79 Å². The van der Waals surface area contributed by atoms with Crippen LogP contribution in [0, 0.1) is 0 Å². The van der Waals surface area contributed by atoms with Crippen LogP contribution >= 0.6 is 0 Å². The van der Waals surface area contributed by atoms with Crippen LogP contribution in [0.2, 0.25) is 0 Å². The number of nitrogens with zero attached hydrogens (tertiary/aromatic N) is 2. The van der Waals surface area contributed by atoms with Crippen LogP contribution in [-0.2, 0) is 32.2 Å². The van der Waals surface area contributed by atoms with Gasteiger partial charge in [0.1, 0.15) is 0 Å². The molecular formula is C38H46N4O7. The molecule has 2 fully saturated rings. The number of hydrogen-bond acceptors (Lipinski definition) is 7. The Hall–Kier alpha value is -4.29. The topological polar surface area (TPSA) is 146 Å². The van der Waals surface area contributed by atoms with Crippen LogP contribution in [-0.4, -0.2) is 62.3 Å². The van der Waals surface area contributed by atoms with Crippen molar-refractivity contribution in [3.05, 3.63) is 106 Å². The molecule has 3 atom stereocenters. The Labute approximate surface area is 285 Å². The molecule has 4 N–H and O–H groups in total. The predicted molar refractivity (Wildman–Crippen MR) is 185 cm³/mol. The summed E-state index contributed by atoms with van der Waals surface area (Å²) in [4.78, 5) is 41.1. The molecule has 49 heavy (non-hydrogen) atoms. The quantitative estimate of drug-likeness (QED) is 0.131. The summed E-state index contributed by atoms with van der Waals surface area (Å²) in [6, 6.07) is 23.8. The number of rotatable bonds is 14. The molecule has 11 nitrogen and oxygen atoms in total. The fourth-order valence-electron chi connectivity index (χ4n) is 6.94. The first-order chi connectivity index (χ1) is 23.9. The fraction of sp³-hybridized carbons (Fsp3) is 0.447. The third-order valence-corrected chi connectivity index (χ3v) is 9.66. The Morgan fingerprint density at radius 1 is 0.857 bits per heavy atom. The summed E-state index contributed by atoms with van der Waals surface area (Å²) >= 11 is 0. The summed E-state index contributed by atoms with van der Waals surface area (Å²) in [6.07, 6.45) is 4.09. The number of aromatic nitrogens is 2. The van der Waals surface area contributed by atoms with Crippen LogP contribution in [0.4, 0.5) is 0 Å². The Morgan fingerprint density at radius 2 is 1.55 bits per heavy atom. The Balaban J connectivity index is 1.07. The lowest BCUT2D eigenvalue weighted by atomic mass is 9.98. The second-order valence-corrected chi connectivity index (χ2v) is 13.2. The number of nitrogens with one attached hydrogen (secondary N) is 2. The molecule has 0 bridgehead atoms. The van der Waals surface area contributed by atoms with Gasteiger partial charge < -0.3 is 34.9 Å². The van der Waals surface area contributed by atoms with Crippen molar-refractivity contribution in [2.45, 2.75) is 89.1 Å². The van der Waals surface area contributed by atoms with Crippen LogP contribution in [0.1, 0.15) is 92.1 Å². The van der Waals surface area contributed by atoms with E-state index in [-0.39, 0.29) is 42.9 Å². The van der Waals surface area contributed by atoms with E-state index < -0.39 is 12.3 Å². The Morgan fingerprint density at radius 3 is 2.29 bits per heavy atom. The van der Waals surface area contributed by atoms with Gasteiger partial charge in [-0.3, -0.25) is 14.2 Å². The van der Waals surface area contributed by atoms with Crippen molar-refractivity contribution in [1.82, 2.24) is 19.8 Å². The van der Waals surface area contributed by atoms with Gasteiger partial charge in [0.25, 0.3) is 0 Å². The first-order valence-corrected chi connectivity index (χ1v) is 17.4. The average Bonchev–Trinajstić information content (AvgIpc) is 3.46. The minimum atomic E-state index is -0.808. The van der Waals surface area contributed by atoms with E-state index >= 15 is 0 Å². The van der Waals surface area contributed by atoms with Gasteiger partial charge in [0, 0.05) is 57.0 Å². The number of imidazole rings is 1. The maximum atomic E-state index is 12.8. The number of aliphatic hydroxyl groups excluding tert-OH is 1. The molecule has 2 aliphatic heterocycles. The number of carbonyl (C=O) groups is 2. The number of likely N-dealkylation sites (tertiary alicyclic amines) is 1. The second kappa shape index (κ2) is 16.4. The molecule has 0 aliphatic carbocycles. The van der Waals surface area contributed by atoms with E-state index in [2.05, 4.69) is 15.2 Å². The zero-order chi connectivity index (χ0) is 34.2. The van der Waals surface area contributed by atoms with E-state index in [1.165, 1.54) is 0 Å². The summed E-state index contributed by atoms with van der Waals surface area (Å²) < 4.78 is 15.0. The Kier molecular flexibility index (Phi) is 11.6. The molecule has 260 valence electrons. The number of benzene rings is 3. The molecule has 3 heterocycles. The van der Waals surface area contributed by atoms with E-state index in [1.54, 1.807) is 0 Å². The number of carbonyl (C=O) groups excluding carboxylic acids is 1. The van der Waals surface area contributed by atoms with Gasteiger partial charge in [-0.2, -0.15) is 0 Å². The van der Waals surface area contributed by atoms with Gasteiger partial charge in [0.05, 0.1) is 29.8 Å². The van der Waals surface area contributed by atoms with Crippen LogP contribution in [0.5, 0.6) is 0 Å². The molecule has 1 aromatic heterocycles. The number of unbranched alkanes of at least 4 members (excludes halogenated alkanes) is 2. The van der Waals surface area contributed by atoms with Crippen molar-refractivity contribution in [3.8, 4) is 0 Å². The Bertz CT molecular complexity index is 1740. The van der Waals surface area contributed by atoms with Crippen molar-refractivity contribution in [1.29, 1.82) is 0 Å². The van der Waals surface area contributed by atoms with Gasteiger partial charge in [-0.15, -0.1) is 0 Å². The normalized spacial score (nSPS) is 20.4. The highest BCUT2D eigenvalue weighted by atomic mass is 16.7. The number of aliphatic carboxylic acids is 1. The lowest BCUT2D eigenvalue weighted by Gasteiger charge is -2.40. The largest absolute Gasteiger partial charge is 0.481 e. The monoisotopic (exact) mass is 670 g/mol. The van der Waals surface area contributed by atoms with Crippen molar-refractivity contribution in [2.24, 2.45) is 0 Å². The number of piperidine rings is 1. The van der Waals surface area contributed by atoms with Crippen LogP contribution in [0.25, 0.3) is 11.0 Å². The molecule has 3 aromatic carbocycles. The molecule has 4 aromatic rings. The van der Waals surface area contributed by atoms with Crippen LogP contribution in [0.15, 0.2) is 77.6 Å². The smallest absolute Gasteiger partial charge is 0.326 e. The zero-order valence-corrected chi connectivity index (χ0v) is 27.8. The van der Waals surface area contributed by atoms with E-state index in [0.29, 0.717) is 38.6 Å². The van der Waals surface area contributed by atoms with E-state index in [4.69, 9.17) is 14.6 Å². The lowest BCUT2D eigenvalue weighted by Crippen LogP contribution is -2.43. The van der Waals surface area contributed by atoms with Crippen molar-refractivity contribution in [3.63, 3.8) is 0 Å². The van der Waals surface area contributed by atoms with Crippen molar-refractivity contribution >= 4 is 22.9 Å². The number of hydrogen-bond donors (Lipinski definition) is 4. The van der Waals surface area contributed by atoms with E-state index in [9.17, 15) is 19.5 Å². The number of ether oxygens (including phenoxy) is 2. The third kappa shape index (κ3) is 9.04. The highest BCUT2D eigenvalue weighted by Gasteiger charge is 2.34. The molecule has 0 radical (unpaired) electrons. The molecule has 2 aliphatic rings. The minimum Gasteiger partial charge on any atom is -0.481 e. The standard InChI is InChI=1S/C38H46N4O7/c43-25-27-12-14-28(15-13-27)34-22-31(24-41-20-18-30(19-21-41)42-33-7-5-4-6-32(33)40-38(42)47)48-37(49-34)29-16-10-26(11-17-29)23-39-35(44)8-2-1-3-9-36(45)46/h4-7,10-17,30-31,34,37,43H,1-3,8-9,18-25H2,(H,39,44)(H,40,47)(H,45,46)/t31-,34+,37+/m1/s1. The zero-order valence-electron chi connectivity index (χ0n) is 27.8. The molecule has 0 unspecified atom stereocenters. The SMILES string of the molecule is O=C(O)CCCCCC(=O)NCc1ccc([C@H]2O[C@@H](CN3CCC(n4c(=O)[nH]c5ccccc54)CC3)C[C@@H](c3ccc(CO)cc3)O2)cc1. The number of carboxylic acids is 1. The highest BCUT2D eigenvalue weighted by Crippen LogP contribution is 2.38. The molecular weight excluding hydrogens is 624 g/mol. The third-order valence-electron chi connectivity index (χ3n) is 9.66. The summed E-state index contributed by atoms with van der Waals surface area (Å²) in [5.41, 5.74) is 5.52. The molecule has 6 rings (SSSR count). The number of aromatic amines is 1. The second-order valence-electron chi connectivity index (χ2n) is 13.2. The number of H-pyrrole nitrogens is 1. The number of amides is 1. The first-order valence-electron chi connectivity index (χ1n) is 17.4. The van der Waals surface area contributed by atoms with Crippen molar-refractivity contribution < 1.29 is 29.3 Å². The van der Waals surface area contributed by atoms with Gasteiger partial charge in [0.2, 0.25) is 5.91 Å². The summed E-state index contributed by atoms with van der Waals surface area (Å²) in [5, 5.41) is 21.2. The number of para-hydroxylation sites is 2. The summed E-state index contributed by atoms with van der Waals surface area (Å²) in [5.74, 6) is -0.855. The summed E-state index contributed by atoms with van der Waals surface area (Å²) in [7, 11) is 0. The van der Waals surface area contributed by atoms with E-state index in [1.807, 2.05) is 77.4 Å². The van der Waals surface area contributed by atoms with E-state index in [0.717, 1.165) is 65.8 Å². The van der Waals surface area contributed by atoms with Gasteiger partial charge in [-0.05, 0) is 54.5 Å². The van der Waals surface area contributed by atoms with Gasteiger partial charge in [-0.1, -0.05) is 67.1 Å². The highest BCUT2D eigenvalue weighted by molar-refractivity contribution is 5.76. The number of fused-ring (bicyclic) bond motifs is 1. The van der Waals surface area contributed by atoms with Crippen LogP contribution in [0.3, 0.4) is 0 Å². The van der Waals surface area contributed by atoms with Gasteiger partial charge in [0.15, 0.2) is 6.29 Å². The molecule has 0 spiro atoms. The average molecular weight is 671 g/mol.